The second-order valence-corrected chi connectivity index (χ2v) is 6.70. The molecule has 1 heterocycles. The van der Waals surface area contributed by atoms with E-state index in [9.17, 15) is 14.7 Å². The number of amides is 1. The number of hydrogen-bond acceptors (Lipinski definition) is 4. The van der Waals surface area contributed by atoms with Crippen LogP contribution in [0.3, 0.4) is 0 Å². The van der Waals surface area contributed by atoms with Gasteiger partial charge in [-0.1, -0.05) is 48.0 Å². The van der Waals surface area contributed by atoms with E-state index in [0.29, 0.717) is 20.5 Å². The van der Waals surface area contributed by atoms with Gasteiger partial charge in [0, 0.05) is 22.2 Å². The summed E-state index contributed by atoms with van der Waals surface area (Å²) >= 11 is 7.44. The van der Waals surface area contributed by atoms with E-state index in [1.807, 2.05) is 18.2 Å². The number of carboxylic acid groups (broad SMARTS) is 1. The zero-order valence-electron chi connectivity index (χ0n) is 13.3. The molecule has 0 spiro atoms. The lowest BCUT2D eigenvalue weighted by molar-refractivity contribution is -0.132. The first-order chi connectivity index (χ1) is 12.5. The highest BCUT2D eigenvalue weighted by atomic mass is 35.5. The maximum absolute atomic E-state index is 12.2. The van der Waals surface area contributed by atoms with E-state index >= 15 is 0 Å². The van der Waals surface area contributed by atoms with Gasteiger partial charge in [-0.15, -0.1) is 11.3 Å². The zero-order chi connectivity index (χ0) is 18.5. The van der Waals surface area contributed by atoms with Gasteiger partial charge in [-0.25, -0.2) is 9.78 Å². The Labute approximate surface area is 158 Å². The number of nitrogens with one attached hydrogen (secondary N) is 1. The van der Waals surface area contributed by atoms with Crippen LogP contribution >= 0.6 is 22.9 Å². The van der Waals surface area contributed by atoms with E-state index in [1.165, 1.54) is 17.4 Å². The van der Waals surface area contributed by atoms with Crippen molar-refractivity contribution < 1.29 is 14.7 Å². The Bertz CT molecular complexity index is 983. The SMILES string of the molecule is O=C(O)C(=Cc1cnc(-c2ccccc2Cl)s1)NC(=O)c1ccccc1. The third-order valence-electron chi connectivity index (χ3n) is 3.43. The third-order valence-corrected chi connectivity index (χ3v) is 4.74. The van der Waals surface area contributed by atoms with Crippen molar-refractivity contribution in [2.45, 2.75) is 0 Å². The molecule has 2 aromatic carbocycles. The number of carbonyl (C=O) groups excluding carboxylic acids is 1. The minimum absolute atomic E-state index is 0.229. The summed E-state index contributed by atoms with van der Waals surface area (Å²) in [5.74, 6) is -1.72. The second-order valence-electron chi connectivity index (χ2n) is 5.23. The van der Waals surface area contributed by atoms with Crippen LogP contribution in [0, 0.1) is 0 Å². The quantitative estimate of drug-likeness (QED) is 0.642. The van der Waals surface area contributed by atoms with Crippen molar-refractivity contribution in [3.05, 3.63) is 82.0 Å². The lowest BCUT2D eigenvalue weighted by atomic mass is 10.2. The zero-order valence-corrected chi connectivity index (χ0v) is 14.9. The van der Waals surface area contributed by atoms with Crippen molar-refractivity contribution in [3.8, 4) is 10.6 Å². The fourth-order valence-electron chi connectivity index (χ4n) is 2.19. The van der Waals surface area contributed by atoms with Gasteiger partial charge in [-0.05, 0) is 24.3 Å². The number of thiazole rings is 1. The van der Waals surface area contributed by atoms with Gasteiger partial charge in [0.1, 0.15) is 10.7 Å². The standard InChI is InChI=1S/C19H13ClN2O3S/c20-15-9-5-4-8-14(15)18-21-11-13(26-18)10-16(19(24)25)22-17(23)12-6-2-1-3-7-12/h1-11H,(H,22,23)(H,24,25). The minimum atomic E-state index is -1.23. The first-order valence-corrected chi connectivity index (χ1v) is 8.76. The maximum atomic E-state index is 12.2. The molecule has 0 atom stereocenters. The number of rotatable bonds is 5. The van der Waals surface area contributed by atoms with Gasteiger partial charge >= 0.3 is 5.97 Å². The van der Waals surface area contributed by atoms with Gasteiger partial charge in [-0.2, -0.15) is 0 Å². The highest BCUT2D eigenvalue weighted by Gasteiger charge is 2.14. The van der Waals surface area contributed by atoms with E-state index in [4.69, 9.17) is 11.6 Å². The molecule has 0 fully saturated rings. The Morgan fingerprint density at radius 1 is 1.08 bits per heavy atom. The number of nitrogens with zero attached hydrogens (tertiary/aromatic N) is 1. The van der Waals surface area contributed by atoms with Crippen molar-refractivity contribution in [3.63, 3.8) is 0 Å². The van der Waals surface area contributed by atoms with Crippen LogP contribution in [0.2, 0.25) is 5.02 Å². The number of aliphatic carboxylic acids is 1. The summed E-state index contributed by atoms with van der Waals surface area (Å²) in [7, 11) is 0. The molecule has 26 heavy (non-hydrogen) atoms. The molecular formula is C19H13ClN2O3S. The summed E-state index contributed by atoms with van der Waals surface area (Å²) in [4.78, 5) is 28.5. The van der Waals surface area contributed by atoms with E-state index in [-0.39, 0.29) is 5.70 Å². The molecular weight excluding hydrogens is 372 g/mol. The Hall–Kier alpha value is -2.96. The average Bonchev–Trinajstić information content (AvgIpc) is 3.10. The fraction of sp³-hybridized carbons (Fsp3) is 0. The summed E-state index contributed by atoms with van der Waals surface area (Å²) in [6.45, 7) is 0. The normalized spacial score (nSPS) is 11.2. The van der Waals surface area contributed by atoms with Gasteiger partial charge in [0.25, 0.3) is 5.91 Å². The molecule has 130 valence electrons. The minimum Gasteiger partial charge on any atom is -0.477 e. The van der Waals surface area contributed by atoms with E-state index in [1.54, 1.807) is 42.6 Å². The van der Waals surface area contributed by atoms with Gasteiger partial charge < -0.3 is 10.4 Å². The molecule has 2 N–H and O–H groups in total. The monoisotopic (exact) mass is 384 g/mol. The second kappa shape index (κ2) is 7.95. The smallest absolute Gasteiger partial charge is 0.352 e. The highest BCUT2D eigenvalue weighted by molar-refractivity contribution is 7.16. The van der Waals surface area contributed by atoms with Crippen molar-refractivity contribution in [2.24, 2.45) is 0 Å². The molecule has 0 bridgehead atoms. The number of halogens is 1. The summed E-state index contributed by atoms with van der Waals surface area (Å²) < 4.78 is 0. The Morgan fingerprint density at radius 2 is 1.77 bits per heavy atom. The van der Waals surface area contributed by atoms with Gasteiger partial charge in [0.05, 0.1) is 5.02 Å². The van der Waals surface area contributed by atoms with Gasteiger partial charge in [-0.3, -0.25) is 4.79 Å². The molecule has 3 aromatic rings. The molecule has 3 rings (SSSR count). The summed E-state index contributed by atoms with van der Waals surface area (Å²) in [5.41, 5.74) is 0.915. The van der Waals surface area contributed by atoms with Crippen molar-refractivity contribution in [1.82, 2.24) is 10.3 Å². The maximum Gasteiger partial charge on any atom is 0.352 e. The van der Waals surface area contributed by atoms with Gasteiger partial charge in [0.2, 0.25) is 0 Å². The molecule has 0 aliphatic rings. The Morgan fingerprint density at radius 3 is 2.46 bits per heavy atom. The van der Waals surface area contributed by atoms with Crippen molar-refractivity contribution in [2.75, 3.05) is 0 Å². The van der Waals surface area contributed by atoms with Gasteiger partial charge in [0.15, 0.2) is 0 Å². The number of carboxylic acids is 1. The molecule has 1 amide bonds. The molecule has 5 nitrogen and oxygen atoms in total. The van der Waals surface area contributed by atoms with E-state index in [2.05, 4.69) is 10.3 Å². The molecule has 0 aliphatic carbocycles. The summed E-state index contributed by atoms with van der Waals surface area (Å²) in [6.07, 6.45) is 2.92. The topological polar surface area (TPSA) is 79.3 Å². The molecule has 1 aromatic heterocycles. The van der Waals surface area contributed by atoms with Crippen LogP contribution in [0.25, 0.3) is 16.6 Å². The lowest BCUT2D eigenvalue weighted by Crippen LogP contribution is -2.27. The van der Waals surface area contributed by atoms with Crippen molar-refractivity contribution >= 4 is 40.9 Å². The van der Waals surface area contributed by atoms with Crippen LogP contribution in [0.15, 0.2) is 66.5 Å². The number of hydrogen-bond donors (Lipinski definition) is 2. The molecule has 0 radical (unpaired) electrons. The lowest BCUT2D eigenvalue weighted by Gasteiger charge is -2.05. The number of aromatic nitrogens is 1. The third kappa shape index (κ3) is 4.17. The first kappa shape index (κ1) is 17.8. The summed E-state index contributed by atoms with van der Waals surface area (Å²) in [6, 6.07) is 15.7. The Kier molecular flexibility index (Phi) is 5.46. The predicted octanol–water partition coefficient (Wildman–Crippen LogP) is 4.32. The number of carbonyl (C=O) groups is 2. The average molecular weight is 385 g/mol. The molecule has 0 aliphatic heterocycles. The van der Waals surface area contributed by atoms with Crippen LogP contribution in [-0.4, -0.2) is 22.0 Å². The summed E-state index contributed by atoms with van der Waals surface area (Å²) in [5, 5.41) is 13.0. The Balaban J connectivity index is 1.85. The van der Waals surface area contributed by atoms with E-state index < -0.39 is 11.9 Å². The molecule has 0 saturated heterocycles. The largest absolute Gasteiger partial charge is 0.477 e. The van der Waals surface area contributed by atoms with Crippen LogP contribution in [0.5, 0.6) is 0 Å². The van der Waals surface area contributed by atoms with Crippen LogP contribution < -0.4 is 5.32 Å². The molecule has 0 unspecified atom stereocenters. The predicted molar refractivity (Wildman–Crippen MR) is 102 cm³/mol. The van der Waals surface area contributed by atoms with Crippen LogP contribution in [-0.2, 0) is 4.79 Å². The van der Waals surface area contributed by atoms with E-state index in [0.717, 1.165) is 5.56 Å². The molecule has 7 heteroatoms. The van der Waals surface area contributed by atoms with Crippen LogP contribution in [0.4, 0.5) is 0 Å². The highest BCUT2D eigenvalue weighted by Crippen LogP contribution is 2.31. The number of benzene rings is 2. The fourth-order valence-corrected chi connectivity index (χ4v) is 3.37. The van der Waals surface area contributed by atoms with Crippen LogP contribution in [0.1, 0.15) is 15.2 Å². The van der Waals surface area contributed by atoms with Crippen molar-refractivity contribution in [1.29, 1.82) is 0 Å². The first-order valence-electron chi connectivity index (χ1n) is 7.56. The molecule has 0 saturated carbocycles.